The molecule has 0 saturated heterocycles. The maximum absolute atomic E-state index is 12.4. The number of amides is 1. The van der Waals surface area contributed by atoms with Gasteiger partial charge < -0.3 is 10.1 Å². The Kier molecular flexibility index (Phi) is 7.28. The van der Waals surface area contributed by atoms with Gasteiger partial charge in [0.25, 0.3) is 5.91 Å². The van der Waals surface area contributed by atoms with Crippen molar-refractivity contribution in [2.75, 3.05) is 6.61 Å². The molecule has 1 N–H and O–H groups in total. The van der Waals surface area contributed by atoms with Gasteiger partial charge in [-0.1, -0.05) is 54.6 Å². The van der Waals surface area contributed by atoms with E-state index in [0.29, 0.717) is 0 Å². The fourth-order valence-electron chi connectivity index (χ4n) is 2.63. The fourth-order valence-corrected chi connectivity index (χ4v) is 4.32. The third-order valence-electron chi connectivity index (χ3n) is 4.00. The van der Waals surface area contributed by atoms with Crippen LogP contribution in [0.3, 0.4) is 0 Å². The average molecular weight is 412 g/mol. The Morgan fingerprint density at radius 1 is 1.00 bits per heavy atom. The lowest BCUT2D eigenvalue weighted by atomic mass is 10.1. The number of hydrogen-bond donors (Lipinski definition) is 1. The molecule has 1 heterocycles. The largest absolute Gasteiger partial charge is 0.455 e. The van der Waals surface area contributed by atoms with Gasteiger partial charge in [0.2, 0.25) is 0 Å². The minimum absolute atomic E-state index is 0.261. The van der Waals surface area contributed by atoms with E-state index in [-0.39, 0.29) is 18.6 Å². The first-order chi connectivity index (χ1) is 13.6. The van der Waals surface area contributed by atoms with Crippen LogP contribution >= 0.6 is 23.1 Å². The first kappa shape index (κ1) is 20.2. The number of ether oxygens (including phenoxy) is 1. The molecule has 0 aliphatic carbocycles. The maximum Gasteiger partial charge on any atom is 0.319 e. The second kappa shape index (κ2) is 10.1. The molecule has 6 heteroatoms. The molecular weight excluding hydrogens is 390 g/mol. The Balaban J connectivity index is 1.55. The summed E-state index contributed by atoms with van der Waals surface area (Å²) in [5.74, 6) is -0.732. The summed E-state index contributed by atoms with van der Waals surface area (Å²) in [5.41, 5.74) is 0.984. The summed E-state index contributed by atoms with van der Waals surface area (Å²) in [5, 5.41) is 4.55. The molecule has 0 aliphatic rings. The zero-order valence-corrected chi connectivity index (χ0v) is 17.0. The highest BCUT2D eigenvalue weighted by molar-refractivity contribution is 8.00. The van der Waals surface area contributed by atoms with Gasteiger partial charge in [-0.2, -0.15) is 0 Å². The number of thioether (sulfide) groups is 1. The number of carbonyl (C=O) groups excluding carboxylic acids is 2. The van der Waals surface area contributed by atoms with Crippen LogP contribution in [0.2, 0.25) is 0 Å². The van der Waals surface area contributed by atoms with Crippen molar-refractivity contribution in [3.8, 4) is 0 Å². The van der Waals surface area contributed by atoms with Gasteiger partial charge >= 0.3 is 5.97 Å². The van der Waals surface area contributed by atoms with Crippen LogP contribution in [0.1, 0.15) is 23.4 Å². The van der Waals surface area contributed by atoms with E-state index in [0.717, 1.165) is 15.3 Å². The van der Waals surface area contributed by atoms with Gasteiger partial charge in [0.15, 0.2) is 6.61 Å². The van der Waals surface area contributed by atoms with E-state index in [2.05, 4.69) is 5.32 Å². The molecule has 28 heavy (non-hydrogen) atoms. The van der Waals surface area contributed by atoms with Gasteiger partial charge in [-0.05, 0) is 36.1 Å². The second-order valence-electron chi connectivity index (χ2n) is 6.11. The van der Waals surface area contributed by atoms with Crippen molar-refractivity contribution in [3.05, 3.63) is 88.6 Å². The molecule has 0 radical (unpaired) electrons. The number of hydrogen-bond acceptors (Lipinski definition) is 5. The zero-order valence-electron chi connectivity index (χ0n) is 15.4. The first-order valence-electron chi connectivity index (χ1n) is 8.89. The highest BCUT2D eigenvalue weighted by Gasteiger charge is 2.20. The van der Waals surface area contributed by atoms with E-state index >= 15 is 0 Å². The van der Waals surface area contributed by atoms with Crippen molar-refractivity contribution in [3.63, 3.8) is 0 Å². The highest BCUT2D eigenvalue weighted by atomic mass is 32.2. The Morgan fingerprint density at radius 2 is 1.68 bits per heavy atom. The molecular formula is C22H21NO3S2. The minimum Gasteiger partial charge on any atom is -0.455 e. The SMILES string of the molecule is C[C@@H](Sc1ccccc1)C(=O)OCC(=O)N[C@@H](c1ccccc1)c1cccs1. The van der Waals surface area contributed by atoms with Crippen LogP contribution in [0.4, 0.5) is 0 Å². The molecule has 0 aliphatic heterocycles. The van der Waals surface area contributed by atoms with Gasteiger partial charge in [-0.15, -0.1) is 23.1 Å². The predicted molar refractivity (Wildman–Crippen MR) is 113 cm³/mol. The summed E-state index contributed by atoms with van der Waals surface area (Å²) >= 11 is 2.98. The van der Waals surface area contributed by atoms with Crippen molar-refractivity contribution < 1.29 is 14.3 Å². The summed E-state index contributed by atoms with van der Waals surface area (Å²) in [7, 11) is 0. The molecule has 4 nitrogen and oxygen atoms in total. The molecule has 3 aromatic rings. The van der Waals surface area contributed by atoms with Crippen LogP contribution in [0.15, 0.2) is 83.1 Å². The van der Waals surface area contributed by atoms with Gasteiger partial charge in [-0.3, -0.25) is 9.59 Å². The molecule has 0 saturated carbocycles. The molecule has 0 unspecified atom stereocenters. The molecule has 1 amide bonds. The quantitative estimate of drug-likeness (QED) is 0.432. The van der Waals surface area contributed by atoms with E-state index in [1.54, 1.807) is 18.3 Å². The number of thiophene rings is 1. The van der Waals surface area contributed by atoms with Crippen molar-refractivity contribution in [2.24, 2.45) is 0 Å². The van der Waals surface area contributed by atoms with Crippen LogP contribution in [-0.2, 0) is 14.3 Å². The molecule has 0 bridgehead atoms. The maximum atomic E-state index is 12.4. The minimum atomic E-state index is -0.406. The van der Waals surface area contributed by atoms with Gasteiger partial charge in [0.05, 0.1) is 6.04 Å². The van der Waals surface area contributed by atoms with Crippen molar-refractivity contribution in [1.82, 2.24) is 5.32 Å². The van der Waals surface area contributed by atoms with Crippen molar-refractivity contribution in [1.29, 1.82) is 0 Å². The fraction of sp³-hybridized carbons (Fsp3) is 0.182. The van der Waals surface area contributed by atoms with E-state index in [1.165, 1.54) is 11.8 Å². The molecule has 0 spiro atoms. The lowest BCUT2D eigenvalue weighted by Gasteiger charge is -2.18. The topological polar surface area (TPSA) is 55.4 Å². The van der Waals surface area contributed by atoms with Crippen LogP contribution in [-0.4, -0.2) is 23.7 Å². The number of benzene rings is 2. The van der Waals surface area contributed by atoms with E-state index in [4.69, 9.17) is 4.74 Å². The molecule has 3 rings (SSSR count). The number of rotatable bonds is 8. The lowest BCUT2D eigenvalue weighted by Crippen LogP contribution is -2.33. The summed E-state index contributed by atoms with van der Waals surface area (Å²) < 4.78 is 5.22. The molecule has 0 fully saturated rings. The normalized spacial score (nSPS) is 12.8. The Bertz CT molecular complexity index is 883. The summed E-state index contributed by atoms with van der Waals surface area (Å²) in [4.78, 5) is 26.6. The van der Waals surface area contributed by atoms with Gasteiger partial charge in [0, 0.05) is 9.77 Å². The second-order valence-corrected chi connectivity index (χ2v) is 8.50. The lowest BCUT2D eigenvalue weighted by molar-refractivity contribution is -0.147. The highest BCUT2D eigenvalue weighted by Crippen LogP contribution is 2.26. The van der Waals surface area contributed by atoms with E-state index in [1.807, 2.05) is 78.2 Å². The van der Waals surface area contributed by atoms with Gasteiger partial charge in [-0.25, -0.2) is 0 Å². The summed E-state index contributed by atoms with van der Waals surface area (Å²) in [6.07, 6.45) is 0. The average Bonchev–Trinajstić information content (AvgIpc) is 3.26. The van der Waals surface area contributed by atoms with E-state index < -0.39 is 11.2 Å². The number of esters is 1. The Morgan fingerprint density at radius 3 is 2.32 bits per heavy atom. The standard InChI is InChI=1S/C22H21NO3S2/c1-16(28-18-11-6-3-7-12-18)22(25)26-15-20(24)23-21(19-13-8-14-27-19)17-9-4-2-5-10-17/h2-14,16,21H,15H2,1H3,(H,23,24)/t16-,21+/m1/s1. The van der Waals surface area contributed by atoms with Crippen LogP contribution < -0.4 is 5.32 Å². The Labute approximate surface area is 172 Å². The molecule has 1 aromatic heterocycles. The van der Waals surface area contributed by atoms with Crippen molar-refractivity contribution in [2.45, 2.75) is 23.1 Å². The number of nitrogens with one attached hydrogen (secondary N) is 1. The third kappa shape index (κ3) is 5.71. The third-order valence-corrected chi connectivity index (χ3v) is 6.03. The van der Waals surface area contributed by atoms with Gasteiger partial charge in [0.1, 0.15) is 5.25 Å². The zero-order chi connectivity index (χ0) is 19.8. The van der Waals surface area contributed by atoms with Crippen molar-refractivity contribution >= 4 is 35.0 Å². The van der Waals surface area contributed by atoms with Crippen LogP contribution in [0.25, 0.3) is 0 Å². The summed E-state index contributed by atoms with van der Waals surface area (Å²) in [6, 6.07) is 23.0. The molecule has 2 aromatic carbocycles. The first-order valence-corrected chi connectivity index (χ1v) is 10.7. The molecule has 2 atom stereocenters. The monoisotopic (exact) mass is 411 g/mol. The smallest absolute Gasteiger partial charge is 0.319 e. The number of carbonyl (C=O) groups is 2. The van der Waals surface area contributed by atoms with E-state index in [9.17, 15) is 9.59 Å². The predicted octanol–water partition coefficient (Wildman–Crippen LogP) is 4.68. The van der Waals surface area contributed by atoms with Crippen LogP contribution in [0, 0.1) is 0 Å². The summed E-state index contributed by atoms with van der Waals surface area (Å²) in [6.45, 7) is 1.48. The van der Waals surface area contributed by atoms with Crippen LogP contribution in [0.5, 0.6) is 0 Å². The Hall–Kier alpha value is -2.57. The molecule has 144 valence electrons.